The minimum absolute atomic E-state index is 0. The van der Waals surface area contributed by atoms with Crippen LogP contribution in [0.3, 0.4) is 0 Å². The summed E-state index contributed by atoms with van der Waals surface area (Å²) in [5.74, 6) is -2.06. The number of nitrogens with two attached hydrogens (primary N) is 1. The summed E-state index contributed by atoms with van der Waals surface area (Å²) < 4.78 is 83.4. The Morgan fingerprint density at radius 3 is 2.38 bits per heavy atom. The van der Waals surface area contributed by atoms with Crippen molar-refractivity contribution < 1.29 is 76.1 Å². The van der Waals surface area contributed by atoms with Crippen LogP contribution in [0.4, 0.5) is 27.6 Å². The second-order valence-electron chi connectivity index (χ2n) is 8.08. The minimum Gasteiger partial charge on any atom is -0.372 e. The Hall–Kier alpha value is -2.17. The first-order valence-electron chi connectivity index (χ1n) is 10.6. The monoisotopic (exact) mass is 724 g/mol. The normalized spacial score (nSPS) is 17.1. The number of fused-ring (bicyclic) bond motifs is 3. The summed E-state index contributed by atoms with van der Waals surface area (Å²) in [6.07, 6.45) is -4.29. The van der Waals surface area contributed by atoms with Crippen molar-refractivity contribution in [1.82, 2.24) is 5.32 Å². The molecule has 39 heavy (non-hydrogen) atoms. The molecule has 2 aliphatic rings. The molecule has 0 aromatic heterocycles. The fraction of sp³-hybridized carbons (Fsp3) is 0.160. The molecule has 2 aliphatic heterocycles. The van der Waals surface area contributed by atoms with Crippen molar-refractivity contribution in [3.05, 3.63) is 94.4 Å². The Balaban J connectivity index is 0.00000102. The molecule has 2 unspecified atom stereocenters. The number of hydrogen-bond acceptors (Lipinski definition) is 3. The molecule has 208 valence electrons. The smallest absolute Gasteiger partial charge is 0.372 e. The van der Waals surface area contributed by atoms with E-state index in [1.54, 1.807) is 0 Å². The van der Waals surface area contributed by atoms with E-state index in [1.165, 1.54) is 12.1 Å². The van der Waals surface area contributed by atoms with Crippen LogP contribution in [0.2, 0.25) is 5.02 Å². The molecule has 5 rings (SSSR count). The number of alkyl halides is 3. The van der Waals surface area contributed by atoms with Gasteiger partial charge in [-0.1, -0.05) is 11.6 Å². The van der Waals surface area contributed by atoms with Crippen LogP contribution in [0.1, 0.15) is 38.7 Å². The second-order valence-corrected chi connectivity index (χ2v) is 9.79. The number of anilines is 1. The Labute approximate surface area is 260 Å². The summed E-state index contributed by atoms with van der Waals surface area (Å²) in [5, 5.41) is 2.86. The zero-order chi connectivity index (χ0) is 27.1. The number of carbonyl (C=O) groups excluding carboxylic acids is 2. The Morgan fingerprint density at radius 2 is 1.74 bits per heavy atom. The minimum atomic E-state index is -4.81. The zero-order valence-corrected chi connectivity index (χ0v) is 24.2. The molecule has 0 saturated carbocycles. The van der Waals surface area contributed by atoms with Crippen LogP contribution in [0, 0.1) is 59.4 Å². The number of hydrogen-bond donors (Lipinski definition) is 3. The Morgan fingerprint density at radius 1 is 1.08 bits per heavy atom. The van der Waals surface area contributed by atoms with Crippen molar-refractivity contribution in [1.29, 1.82) is 0 Å². The van der Waals surface area contributed by atoms with Crippen molar-refractivity contribution in [2.24, 2.45) is 5.73 Å². The topological polar surface area (TPSA) is 101 Å². The molecule has 0 aliphatic carbocycles. The van der Waals surface area contributed by atoms with Gasteiger partial charge in [0.1, 0.15) is 22.6 Å². The molecule has 2 amide bonds. The van der Waals surface area contributed by atoms with Gasteiger partial charge in [0.2, 0.25) is 6.41 Å². The third kappa shape index (κ3) is 6.77. The number of benzene rings is 3. The van der Waals surface area contributed by atoms with Crippen molar-refractivity contribution >= 4 is 40.6 Å². The molecule has 14 heteroatoms. The molecule has 0 radical (unpaired) electrons. The van der Waals surface area contributed by atoms with Crippen LogP contribution >= 0.6 is 11.6 Å². The summed E-state index contributed by atoms with van der Waals surface area (Å²) in [5.41, 5.74) is 4.38. The van der Waals surface area contributed by atoms with Crippen LogP contribution in [0.15, 0.2) is 42.5 Å². The third-order valence-corrected chi connectivity index (χ3v) is 7.20. The van der Waals surface area contributed by atoms with E-state index in [2.05, 4.69) is 15.8 Å². The van der Waals surface area contributed by atoms with E-state index in [4.69, 9.17) is 16.4 Å². The summed E-state index contributed by atoms with van der Waals surface area (Å²) in [6.45, 7) is 0. The van der Waals surface area contributed by atoms with Gasteiger partial charge >= 0.3 is 6.18 Å². The molecule has 0 fully saturated rings. The maximum Gasteiger partial charge on any atom is 0.416 e. The average molecular weight is 723 g/mol. The average Bonchev–Trinajstić information content (AvgIpc) is 3.16. The van der Waals surface area contributed by atoms with Gasteiger partial charge in [0.15, 0.2) is 0 Å². The summed E-state index contributed by atoms with van der Waals surface area (Å²) >= 11 is 6.28. The van der Waals surface area contributed by atoms with E-state index in [-0.39, 0.29) is 99.2 Å². The second kappa shape index (κ2) is 13.0. The van der Waals surface area contributed by atoms with Crippen molar-refractivity contribution in [3.63, 3.8) is 0 Å². The first-order chi connectivity index (χ1) is 17.4. The molecule has 0 spiro atoms. The van der Waals surface area contributed by atoms with Gasteiger partial charge in [-0.2, -0.15) is 13.2 Å². The van der Waals surface area contributed by atoms with Crippen LogP contribution in [0.5, 0.6) is 0 Å². The molecule has 6 nitrogen and oxygen atoms in total. The van der Waals surface area contributed by atoms with Gasteiger partial charge in [-0.25, -0.2) is 13.0 Å². The van der Waals surface area contributed by atoms with Crippen LogP contribution in [-0.2, 0) is 28.4 Å². The van der Waals surface area contributed by atoms with Crippen molar-refractivity contribution in [3.8, 4) is 11.1 Å². The fourth-order valence-corrected chi connectivity index (χ4v) is 5.56. The fourth-order valence-electron chi connectivity index (χ4n) is 4.41. The molecule has 2 atom stereocenters. The molecule has 0 saturated heterocycles. The maximum absolute atomic E-state index is 14.3. The van der Waals surface area contributed by atoms with E-state index in [1.807, 2.05) is 0 Å². The summed E-state index contributed by atoms with van der Waals surface area (Å²) in [6, 6.07) is 6.10. The van der Waals surface area contributed by atoms with Crippen LogP contribution < -0.4 is 15.8 Å². The van der Waals surface area contributed by atoms with E-state index < -0.39 is 46.3 Å². The van der Waals surface area contributed by atoms with Gasteiger partial charge in [-0.15, -0.1) is 0 Å². The Bertz CT molecular complexity index is 1460. The first kappa shape index (κ1) is 33.0. The van der Waals surface area contributed by atoms with Gasteiger partial charge in [0.05, 0.1) is 22.9 Å². The van der Waals surface area contributed by atoms with Crippen molar-refractivity contribution in [2.75, 3.05) is 10.5 Å². The van der Waals surface area contributed by atoms with E-state index in [0.717, 1.165) is 24.3 Å². The standard InChI is InChI=1S/C23H14ClF5N2O2S.CH3NO.CH3.Sm/c24-17-2-1-12(25)8-16(17)21-19-15(10-5-11(23(27,28)29)7-13(26)6-10)9-18-14(3-4-34(33)31-18)20(19)22(32)30-21;2-1-3;;/h1-2,5-9,21,31H,3-4H2,(H,30,32);1H,(H2,2,3);1H3;/q;;-1;. The number of amides is 2. The molecule has 4 N–H and O–H groups in total. The van der Waals surface area contributed by atoms with Gasteiger partial charge in [-0.05, 0) is 71.1 Å². The SMILES string of the molecule is NC=O.O=C1NC(c2cc(F)ccc2Cl)c2c(-c3cc(F)cc(C(F)(F)F)c3)cc3c(c21)CCS(=O)N3.[CH3-].[Sm]. The van der Waals surface area contributed by atoms with E-state index in [0.29, 0.717) is 17.3 Å². The number of carbonyl (C=O) groups is 2. The quantitative estimate of drug-likeness (QED) is 0.190. The summed E-state index contributed by atoms with van der Waals surface area (Å²) in [7, 11) is -1.45. The molecule has 3 aromatic carbocycles. The van der Waals surface area contributed by atoms with E-state index in [9.17, 15) is 31.0 Å². The zero-order valence-electron chi connectivity index (χ0n) is 20.0. The van der Waals surface area contributed by atoms with E-state index >= 15 is 0 Å². The predicted octanol–water partition coefficient (Wildman–Crippen LogP) is 5.32. The number of nitrogens with one attached hydrogen (secondary N) is 2. The van der Waals surface area contributed by atoms with Gasteiger partial charge in [-0.3, -0.25) is 9.59 Å². The maximum atomic E-state index is 14.3. The van der Waals surface area contributed by atoms with Crippen LogP contribution in [0.25, 0.3) is 11.1 Å². The summed E-state index contributed by atoms with van der Waals surface area (Å²) in [4.78, 5) is 21.7. The largest absolute Gasteiger partial charge is 0.416 e. The first-order valence-corrected chi connectivity index (χ1v) is 12.3. The number of halogens is 6. The molecule has 2 heterocycles. The Kier molecular flexibility index (Phi) is 11.0. The van der Waals surface area contributed by atoms with Gasteiger partial charge < -0.3 is 23.2 Å². The molecular weight excluding hydrogens is 703 g/mol. The van der Waals surface area contributed by atoms with Crippen LogP contribution in [-0.4, -0.2) is 22.3 Å². The number of rotatable bonds is 2. The third-order valence-electron chi connectivity index (χ3n) is 5.83. The molecular formula is C25H20ClF5N3O3SSm-. The predicted molar refractivity (Wildman–Crippen MR) is 135 cm³/mol. The van der Waals surface area contributed by atoms with Crippen molar-refractivity contribution in [2.45, 2.75) is 18.6 Å². The van der Waals surface area contributed by atoms with Gasteiger partial charge in [0, 0.05) is 56.7 Å². The molecule has 0 bridgehead atoms. The molecule has 3 aromatic rings. The van der Waals surface area contributed by atoms with Gasteiger partial charge in [0.25, 0.3) is 5.91 Å². The number of primary amides is 1.